The normalized spacial score (nSPS) is 12.7. The quantitative estimate of drug-likeness (QED) is 0.854. The highest BCUT2D eigenvalue weighted by molar-refractivity contribution is 14.1. The average molecular weight is 362 g/mol. The fraction of sp³-hybridized carbons (Fsp3) is 0.250. The smallest absolute Gasteiger partial charge is 0.0643 e. The monoisotopic (exact) mass is 361 g/mol. The van der Waals surface area contributed by atoms with Crippen molar-refractivity contribution in [3.63, 3.8) is 0 Å². The van der Waals surface area contributed by atoms with Crippen molar-refractivity contribution in [1.29, 1.82) is 0 Å². The van der Waals surface area contributed by atoms with E-state index in [0.717, 1.165) is 26.3 Å². The highest BCUT2D eigenvalue weighted by Crippen LogP contribution is 2.23. The Balaban J connectivity index is 2.14. The first-order valence-electron chi connectivity index (χ1n) is 5.25. The van der Waals surface area contributed by atoms with Crippen LogP contribution in [0.1, 0.15) is 17.3 Å². The number of benzene rings is 1. The third-order valence-electron chi connectivity index (χ3n) is 2.57. The van der Waals surface area contributed by atoms with Crippen molar-refractivity contribution in [1.82, 2.24) is 9.78 Å². The van der Waals surface area contributed by atoms with Crippen molar-refractivity contribution in [2.24, 2.45) is 12.8 Å². The number of hydrogen-bond donors (Lipinski definition) is 1. The van der Waals surface area contributed by atoms with Gasteiger partial charge in [0, 0.05) is 29.3 Å². The lowest BCUT2D eigenvalue weighted by Gasteiger charge is -2.11. The summed E-state index contributed by atoms with van der Waals surface area (Å²) >= 11 is 8.29. The van der Waals surface area contributed by atoms with Crippen molar-refractivity contribution >= 4 is 34.2 Å². The van der Waals surface area contributed by atoms with Crippen molar-refractivity contribution < 1.29 is 0 Å². The molecule has 0 aliphatic heterocycles. The molecule has 3 nitrogen and oxygen atoms in total. The second-order valence-corrected chi connectivity index (χ2v) is 5.53. The number of aryl methyl sites for hydroxylation is 1. The minimum absolute atomic E-state index is 0.0700. The molecule has 2 rings (SSSR count). The molecule has 0 aliphatic carbocycles. The lowest BCUT2D eigenvalue weighted by molar-refractivity contribution is 0.675. The maximum Gasteiger partial charge on any atom is 0.0643 e. The zero-order valence-electron chi connectivity index (χ0n) is 9.40. The van der Waals surface area contributed by atoms with E-state index in [1.165, 1.54) is 0 Å². The third kappa shape index (κ3) is 3.20. The van der Waals surface area contributed by atoms with Crippen LogP contribution in [-0.2, 0) is 13.5 Å². The van der Waals surface area contributed by atoms with Crippen LogP contribution in [-0.4, -0.2) is 9.78 Å². The molecule has 0 bridgehead atoms. The summed E-state index contributed by atoms with van der Waals surface area (Å²) in [5.74, 6) is 0. The molecular weight excluding hydrogens is 349 g/mol. The Morgan fingerprint density at radius 2 is 2.24 bits per heavy atom. The van der Waals surface area contributed by atoms with Gasteiger partial charge in [0.15, 0.2) is 0 Å². The first-order valence-corrected chi connectivity index (χ1v) is 6.71. The molecule has 0 saturated carbocycles. The lowest BCUT2D eigenvalue weighted by atomic mass is 10.0. The summed E-state index contributed by atoms with van der Waals surface area (Å²) in [6, 6.07) is 7.84. The van der Waals surface area contributed by atoms with Gasteiger partial charge in [-0.25, -0.2) is 0 Å². The molecule has 2 aromatic rings. The zero-order valence-corrected chi connectivity index (χ0v) is 12.3. The van der Waals surface area contributed by atoms with Crippen LogP contribution in [0, 0.1) is 3.57 Å². The van der Waals surface area contributed by atoms with E-state index >= 15 is 0 Å². The molecule has 1 unspecified atom stereocenters. The molecule has 0 radical (unpaired) electrons. The van der Waals surface area contributed by atoms with Gasteiger partial charge >= 0.3 is 0 Å². The molecule has 5 heteroatoms. The van der Waals surface area contributed by atoms with Gasteiger partial charge in [-0.2, -0.15) is 5.10 Å². The molecule has 1 heterocycles. The summed E-state index contributed by atoms with van der Waals surface area (Å²) in [6.07, 6.45) is 2.64. The van der Waals surface area contributed by atoms with Crippen LogP contribution in [0.2, 0.25) is 5.02 Å². The highest BCUT2D eigenvalue weighted by Gasteiger charge is 2.10. The Labute approximate surface area is 119 Å². The summed E-state index contributed by atoms with van der Waals surface area (Å²) in [6.45, 7) is 0. The van der Waals surface area contributed by atoms with E-state index in [1.54, 1.807) is 4.68 Å². The fourth-order valence-corrected chi connectivity index (χ4v) is 2.18. The van der Waals surface area contributed by atoms with Gasteiger partial charge in [-0.3, -0.25) is 4.68 Å². The summed E-state index contributed by atoms with van der Waals surface area (Å²) in [5.41, 5.74) is 8.18. The van der Waals surface area contributed by atoms with Crippen LogP contribution in [0.25, 0.3) is 0 Å². The molecule has 0 aliphatic rings. The summed E-state index contributed by atoms with van der Waals surface area (Å²) < 4.78 is 2.82. The second kappa shape index (κ2) is 5.37. The van der Waals surface area contributed by atoms with Crippen molar-refractivity contribution in [2.45, 2.75) is 12.5 Å². The van der Waals surface area contributed by atoms with Gasteiger partial charge in [-0.15, -0.1) is 0 Å². The van der Waals surface area contributed by atoms with E-state index in [2.05, 4.69) is 27.7 Å². The molecule has 90 valence electrons. The fourth-order valence-electron chi connectivity index (χ4n) is 1.66. The molecule has 0 saturated heterocycles. The van der Waals surface area contributed by atoms with Crippen LogP contribution in [0.15, 0.2) is 30.5 Å². The van der Waals surface area contributed by atoms with Crippen LogP contribution >= 0.6 is 34.2 Å². The number of hydrogen-bond acceptors (Lipinski definition) is 2. The summed E-state index contributed by atoms with van der Waals surface area (Å²) in [5, 5.41) is 5.07. The SMILES string of the molecule is Cn1ccc(CC(N)c2ccc(I)c(Cl)c2)n1. The van der Waals surface area contributed by atoms with E-state index in [0.29, 0.717) is 0 Å². The van der Waals surface area contributed by atoms with Crippen molar-refractivity contribution in [3.05, 3.63) is 50.3 Å². The zero-order chi connectivity index (χ0) is 12.4. The van der Waals surface area contributed by atoms with Gasteiger partial charge in [-0.1, -0.05) is 17.7 Å². The molecule has 0 amide bonds. The van der Waals surface area contributed by atoms with Gasteiger partial charge in [0.2, 0.25) is 0 Å². The minimum atomic E-state index is -0.0700. The number of nitrogens with two attached hydrogens (primary N) is 1. The van der Waals surface area contributed by atoms with Crippen LogP contribution in [0.3, 0.4) is 0 Å². The number of halogens is 2. The number of rotatable bonds is 3. The molecule has 1 aromatic heterocycles. The topological polar surface area (TPSA) is 43.8 Å². The maximum absolute atomic E-state index is 6.14. The van der Waals surface area contributed by atoms with E-state index in [-0.39, 0.29) is 6.04 Å². The van der Waals surface area contributed by atoms with Gasteiger partial charge in [0.25, 0.3) is 0 Å². The van der Waals surface area contributed by atoms with E-state index < -0.39 is 0 Å². The second-order valence-electron chi connectivity index (χ2n) is 3.96. The first-order chi connectivity index (χ1) is 8.06. The van der Waals surface area contributed by atoms with Crippen LogP contribution < -0.4 is 5.73 Å². The molecule has 0 spiro atoms. The highest BCUT2D eigenvalue weighted by atomic mass is 127. The summed E-state index contributed by atoms with van der Waals surface area (Å²) in [4.78, 5) is 0. The Morgan fingerprint density at radius 3 is 2.82 bits per heavy atom. The predicted molar refractivity (Wildman–Crippen MR) is 78.0 cm³/mol. The Kier molecular flexibility index (Phi) is 4.06. The van der Waals surface area contributed by atoms with Gasteiger partial charge in [0.05, 0.1) is 10.7 Å². The molecule has 1 atom stereocenters. The molecule has 2 N–H and O–H groups in total. The maximum atomic E-state index is 6.14. The van der Waals surface area contributed by atoms with Crippen LogP contribution in [0.4, 0.5) is 0 Å². The number of aromatic nitrogens is 2. The minimum Gasteiger partial charge on any atom is -0.324 e. The molecular formula is C12H13ClIN3. The van der Waals surface area contributed by atoms with Gasteiger partial charge < -0.3 is 5.73 Å². The third-order valence-corrected chi connectivity index (χ3v) is 4.14. The molecule has 17 heavy (non-hydrogen) atoms. The lowest BCUT2D eigenvalue weighted by Crippen LogP contribution is -2.14. The number of nitrogens with zero attached hydrogens (tertiary/aromatic N) is 2. The average Bonchev–Trinajstić information content (AvgIpc) is 2.68. The Hall–Kier alpha value is -0.590. The molecule has 1 aromatic carbocycles. The molecule has 0 fully saturated rings. The van der Waals surface area contributed by atoms with Crippen LogP contribution in [0.5, 0.6) is 0 Å². The van der Waals surface area contributed by atoms with Crippen molar-refractivity contribution in [3.8, 4) is 0 Å². The largest absolute Gasteiger partial charge is 0.324 e. The van der Waals surface area contributed by atoms with Gasteiger partial charge in [-0.05, 0) is 46.4 Å². The summed E-state index contributed by atoms with van der Waals surface area (Å²) in [7, 11) is 1.90. The Bertz CT molecular complexity index is 524. The van der Waals surface area contributed by atoms with Gasteiger partial charge in [0.1, 0.15) is 0 Å². The predicted octanol–water partition coefficient (Wildman–Crippen LogP) is 2.92. The van der Waals surface area contributed by atoms with E-state index in [9.17, 15) is 0 Å². The first kappa shape index (κ1) is 12.9. The van der Waals surface area contributed by atoms with E-state index in [1.807, 2.05) is 37.5 Å². The van der Waals surface area contributed by atoms with E-state index in [4.69, 9.17) is 17.3 Å². The van der Waals surface area contributed by atoms with Crippen molar-refractivity contribution in [2.75, 3.05) is 0 Å². The standard InChI is InChI=1S/C12H13ClIN3/c1-17-5-4-9(16-17)7-12(15)8-2-3-11(14)10(13)6-8/h2-6,12H,7,15H2,1H3. The Morgan fingerprint density at radius 1 is 1.47 bits per heavy atom.